The molecule has 1 amide bonds. The van der Waals surface area contributed by atoms with Gasteiger partial charge in [0.05, 0.1) is 11.2 Å². The zero-order chi connectivity index (χ0) is 11.1. The van der Waals surface area contributed by atoms with Crippen LogP contribution in [0.15, 0.2) is 35.0 Å². The van der Waals surface area contributed by atoms with E-state index in [1.165, 1.54) is 0 Å². The molecule has 78 valence electrons. The van der Waals surface area contributed by atoms with Crippen molar-refractivity contribution >= 4 is 28.1 Å². The van der Waals surface area contributed by atoms with Crippen LogP contribution in [0, 0.1) is 0 Å². The fourth-order valence-corrected chi connectivity index (χ4v) is 2.46. The molecule has 0 saturated heterocycles. The molecule has 0 radical (unpaired) electrons. The minimum Gasteiger partial charge on any atom is -0.366 e. The lowest BCUT2D eigenvalue weighted by Crippen LogP contribution is -2.10. The minimum atomic E-state index is -0.407. The molecule has 16 heavy (non-hydrogen) atoms. The Hall–Kier alpha value is -1.94. The number of hydrogen-bond acceptors (Lipinski definition) is 3. The van der Waals surface area contributed by atoms with Crippen molar-refractivity contribution < 1.29 is 4.79 Å². The van der Waals surface area contributed by atoms with Crippen LogP contribution in [0.4, 0.5) is 0 Å². The van der Waals surface area contributed by atoms with Gasteiger partial charge in [-0.1, -0.05) is 0 Å². The first-order valence-corrected chi connectivity index (χ1v) is 5.75. The van der Waals surface area contributed by atoms with Crippen LogP contribution < -0.4 is 5.73 Å². The second-order valence-electron chi connectivity index (χ2n) is 3.56. The lowest BCUT2D eigenvalue weighted by Gasteiger charge is -1.97. The maximum absolute atomic E-state index is 11.1. The van der Waals surface area contributed by atoms with Gasteiger partial charge in [-0.05, 0) is 29.6 Å². The van der Waals surface area contributed by atoms with Crippen molar-refractivity contribution in [1.82, 2.24) is 4.98 Å². The highest BCUT2D eigenvalue weighted by molar-refractivity contribution is 7.08. The normalized spacial score (nSPS) is 11.0. The van der Waals surface area contributed by atoms with E-state index in [1.54, 1.807) is 23.5 Å². The van der Waals surface area contributed by atoms with Gasteiger partial charge in [0.1, 0.15) is 0 Å². The Morgan fingerprint density at radius 3 is 3.00 bits per heavy atom. The molecule has 1 aromatic carbocycles. The number of carbonyl (C=O) groups excluding carboxylic acids is 1. The summed E-state index contributed by atoms with van der Waals surface area (Å²) in [6.45, 7) is 0. The van der Waals surface area contributed by atoms with Crippen molar-refractivity contribution in [2.75, 3.05) is 0 Å². The molecule has 3 rings (SSSR count). The Labute approximate surface area is 95.9 Å². The van der Waals surface area contributed by atoms with Gasteiger partial charge in [0.25, 0.3) is 0 Å². The maximum Gasteiger partial charge on any atom is 0.248 e. The number of rotatable bonds is 1. The van der Waals surface area contributed by atoms with Gasteiger partial charge >= 0.3 is 0 Å². The number of nitrogens with zero attached hydrogens (tertiary/aromatic N) is 1. The summed E-state index contributed by atoms with van der Waals surface area (Å²) < 4.78 is 0. The van der Waals surface area contributed by atoms with Crippen LogP contribution in [0.25, 0.3) is 22.2 Å². The molecule has 0 spiro atoms. The van der Waals surface area contributed by atoms with Gasteiger partial charge in [-0.25, -0.2) is 4.98 Å². The Morgan fingerprint density at radius 1 is 1.31 bits per heavy atom. The SMILES string of the molecule is NC(=O)c1ccc2nc3ccscc-3c2c1. The first-order chi connectivity index (χ1) is 7.75. The lowest BCUT2D eigenvalue weighted by molar-refractivity contribution is 0.100. The number of aromatic nitrogens is 1. The number of hydrogen-bond donors (Lipinski definition) is 1. The smallest absolute Gasteiger partial charge is 0.248 e. The first kappa shape index (κ1) is 9.30. The summed E-state index contributed by atoms with van der Waals surface area (Å²) in [5.74, 6) is -0.407. The predicted molar refractivity (Wildman–Crippen MR) is 64.8 cm³/mol. The molecule has 0 aromatic heterocycles. The molecule has 2 N–H and O–H groups in total. The zero-order valence-corrected chi connectivity index (χ0v) is 9.12. The number of fused-ring (bicyclic) bond motifs is 3. The molecule has 3 nitrogen and oxygen atoms in total. The number of carbonyl (C=O) groups is 1. The van der Waals surface area contributed by atoms with Crippen molar-refractivity contribution in [3.8, 4) is 11.3 Å². The summed E-state index contributed by atoms with van der Waals surface area (Å²) >= 11 is 1.61. The fourth-order valence-electron chi connectivity index (χ4n) is 1.79. The highest BCUT2D eigenvalue weighted by Crippen LogP contribution is 2.32. The van der Waals surface area contributed by atoms with E-state index in [2.05, 4.69) is 4.98 Å². The Bertz CT molecular complexity index is 659. The van der Waals surface area contributed by atoms with E-state index >= 15 is 0 Å². The standard InChI is InChI=1S/C12H8N2OS/c13-12(15)7-1-2-10-8(5-7)9-6-16-4-3-11(9)14-10/h1-6H,(H2,13,15). The van der Waals surface area contributed by atoms with E-state index in [0.29, 0.717) is 5.56 Å². The highest BCUT2D eigenvalue weighted by atomic mass is 32.1. The summed E-state index contributed by atoms with van der Waals surface area (Å²) in [6, 6.07) is 7.32. The van der Waals surface area contributed by atoms with E-state index in [9.17, 15) is 4.79 Å². The average molecular weight is 228 g/mol. The molecule has 0 fully saturated rings. The van der Waals surface area contributed by atoms with Crippen molar-refractivity contribution in [3.63, 3.8) is 0 Å². The molecule has 0 bridgehead atoms. The fraction of sp³-hybridized carbons (Fsp3) is 0. The second-order valence-corrected chi connectivity index (χ2v) is 4.34. The van der Waals surface area contributed by atoms with Gasteiger partial charge in [-0.15, -0.1) is 0 Å². The third kappa shape index (κ3) is 1.27. The van der Waals surface area contributed by atoms with E-state index < -0.39 is 5.91 Å². The molecule has 0 saturated carbocycles. The van der Waals surface area contributed by atoms with Gasteiger partial charge in [0.2, 0.25) is 5.91 Å². The van der Waals surface area contributed by atoms with Gasteiger partial charge in [-0.2, -0.15) is 11.3 Å². The van der Waals surface area contributed by atoms with Crippen LogP contribution >= 0.6 is 11.3 Å². The molecule has 0 unspecified atom stereocenters. The van der Waals surface area contributed by atoms with Gasteiger partial charge in [-0.3, -0.25) is 4.79 Å². The van der Waals surface area contributed by atoms with Gasteiger partial charge in [0.15, 0.2) is 0 Å². The molecule has 0 aliphatic carbocycles. The Morgan fingerprint density at radius 2 is 2.19 bits per heavy atom. The summed E-state index contributed by atoms with van der Waals surface area (Å²) in [7, 11) is 0. The summed E-state index contributed by atoms with van der Waals surface area (Å²) in [5, 5.41) is 5.02. The minimum absolute atomic E-state index is 0.407. The van der Waals surface area contributed by atoms with Crippen molar-refractivity contribution in [2.45, 2.75) is 0 Å². The van der Waals surface area contributed by atoms with Gasteiger partial charge < -0.3 is 5.73 Å². The van der Waals surface area contributed by atoms with E-state index in [-0.39, 0.29) is 0 Å². The molecule has 1 aromatic rings. The Balaban J connectivity index is 2.39. The Kier molecular flexibility index (Phi) is 1.91. The number of amides is 1. The molecular weight excluding hydrogens is 220 g/mol. The topological polar surface area (TPSA) is 56.0 Å². The molecule has 2 aliphatic heterocycles. The number of primary amides is 1. The van der Waals surface area contributed by atoms with E-state index in [1.807, 2.05) is 22.9 Å². The highest BCUT2D eigenvalue weighted by Gasteiger charge is 2.12. The van der Waals surface area contributed by atoms with Crippen LogP contribution in [0.2, 0.25) is 0 Å². The molecule has 4 heteroatoms. The van der Waals surface area contributed by atoms with Crippen LogP contribution in [0.3, 0.4) is 0 Å². The predicted octanol–water partition coefficient (Wildman–Crippen LogP) is 2.50. The van der Waals surface area contributed by atoms with Crippen LogP contribution in [-0.4, -0.2) is 10.9 Å². The third-order valence-corrected chi connectivity index (χ3v) is 3.24. The maximum atomic E-state index is 11.1. The third-order valence-electron chi connectivity index (χ3n) is 2.58. The van der Waals surface area contributed by atoms with Gasteiger partial charge in [0, 0.05) is 21.9 Å². The van der Waals surface area contributed by atoms with Crippen molar-refractivity contribution in [3.05, 3.63) is 40.6 Å². The number of nitrogens with two attached hydrogens (primary N) is 1. The quantitative estimate of drug-likeness (QED) is 0.695. The molecule has 0 atom stereocenters. The lowest BCUT2D eigenvalue weighted by atomic mass is 10.1. The van der Waals surface area contributed by atoms with Crippen LogP contribution in [-0.2, 0) is 0 Å². The number of benzene rings is 1. The second kappa shape index (κ2) is 3.28. The van der Waals surface area contributed by atoms with E-state index in [0.717, 1.165) is 22.2 Å². The summed E-state index contributed by atoms with van der Waals surface area (Å²) in [6.07, 6.45) is 0. The van der Waals surface area contributed by atoms with Crippen LogP contribution in [0.1, 0.15) is 10.4 Å². The summed E-state index contributed by atoms with van der Waals surface area (Å²) in [4.78, 5) is 15.6. The molecule has 2 heterocycles. The summed E-state index contributed by atoms with van der Waals surface area (Å²) in [5.41, 5.74) is 8.71. The van der Waals surface area contributed by atoms with Crippen molar-refractivity contribution in [2.24, 2.45) is 5.73 Å². The zero-order valence-electron chi connectivity index (χ0n) is 8.31. The largest absolute Gasteiger partial charge is 0.366 e. The first-order valence-electron chi connectivity index (χ1n) is 4.81. The molecule has 2 aliphatic rings. The van der Waals surface area contributed by atoms with E-state index in [4.69, 9.17) is 5.73 Å². The van der Waals surface area contributed by atoms with Crippen LogP contribution in [0.5, 0.6) is 0 Å². The molecular formula is C12H8N2OS. The monoisotopic (exact) mass is 228 g/mol. The average Bonchev–Trinajstić information content (AvgIpc) is 2.66. The van der Waals surface area contributed by atoms with Crippen molar-refractivity contribution in [1.29, 1.82) is 0 Å².